The van der Waals surface area contributed by atoms with Crippen molar-refractivity contribution in [3.8, 4) is 0 Å². The molecule has 1 fully saturated rings. The molecular formula is C14H22N2O. The van der Waals surface area contributed by atoms with Crippen molar-refractivity contribution >= 4 is 5.82 Å². The van der Waals surface area contributed by atoms with Crippen molar-refractivity contribution in [1.29, 1.82) is 0 Å². The second-order valence-electron chi connectivity index (χ2n) is 4.70. The summed E-state index contributed by atoms with van der Waals surface area (Å²) in [5, 5.41) is 3.27. The zero-order valence-electron chi connectivity index (χ0n) is 10.6. The first kappa shape index (κ1) is 12.4. The van der Waals surface area contributed by atoms with E-state index in [4.69, 9.17) is 4.74 Å². The SMILES string of the molecule is CCCNc1ccc(COC2CCCC2)cn1. The minimum Gasteiger partial charge on any atom is -0.373 e. The van der Waals surface area contributed by atoms with Gasteiger partial charge in [0.15, 0.2) is 0 Å². The Morgan fingerprint density at radius 1 is 1.35 bits per heavy atom. The molecule has 2 rings (SSSR count). The lowest BCUT2D eigenvalue weighted by molar-refractivity contribution is 0.0455. The van der Waals surface area contributed by atoms with Gasteiger partial charge in [0.2, 0.25) is 0 Å². The first-order valence-corrected chi connectivity index (χ1v) is 6.69. The average Bonchev–Trinajstić information content (AvgIpc) is 2.88. The third-order valence-corrected chi connectivity index (χ3v) is 3.17. The fourth-order valence-electron chi connectivity index (χ4n) is 2.14. The van der Waals surface area contributed by atoms with Crippen molar-refractivity contribution in [2.75, 3.05) is 11.9 Å². The van der Waals surface area contributed by atoms with Gasteiger partial charge in [0.05, 0.1) is 12.7 Å². The van der Waals surface area contributed by atoms with Crippen LogP contribution in [-0.2, 0) is 11.3 Å². The third kappa shape index (κ3) is 4.00. The Morgan fingerprint density at radius 3 is 2.82 bits per heavy atom. The minimum absolute atomic E-state index is 0.480. The smallest absolute Gasteiger partial charge is 0.125 e. The van der Waals surface area contributed by atoms with E-state index in [0.29, 0.717) is 12.7 Å². The minimum atomic E-state index is 0.480. The van der Waals surface area contributed by atoms with Crippen molar-refractivity contribution in [1.82, 2.24) is 4.98 Å². The second-order valence-corrected chi connectivity index (χ2v) is 4.70. The van der Waals surface area contributed by atoms with Gasteiger partial charge in [-0.05, 0) is 30.9 Å². The standard InChI is InChI=1S/C14H22N2O/c1-2-9-15-14-8-7-12(10-16-14)11-17-13-5-3-4-6-13/h7-8,10,13H,2-6,9,11H2,1H3,(H,15,16). The van der Waals surface area contributed by atoms with Gasteiger partial charge >= 0.3 is 0 Å². The van der Waals surface area contributed by atoms with E-state index in [1.54, 1.807) is 0 Å². The summed E-state index contributed by atoms with van der Waals surface area (Å²) in [6.45, 7) is 3.83. The summed E-state index contributed by atoms with van der Waals surface area (Å²) in [6.07, 6.45) is 8.60. The molecule has 17 heavy (non-hydrogen) atoms. The van der Waals surface area contributed by atoms with Crippen molar-refractivity contribution < 1.29 is 4.74 Å². The Kier molecular flexibility index (Phi) is 4.80. The molecule has 1 aromatic heterocycles. The highest BCUT2D eigenvalue weighted by molar-refractivity contribution is 5.35. The lowest BCUT2D eigenvalue weighted by Crippen LogP contribution is -2.07. The summed E-state index contributed by atoms with van der Waals surface area (Å²) in [4.78, 5) is 4.37. The second kappa shape index (κ2) is 6.60. The average molecular weight is 234 g/mol. The van der Waals surface area contributed by atoms with E-state index >= 15 is 0 Å². The fourth-order valence-corrected chi connectivity index (χ4v) is 2.14. The normalized spacial score (nSPS) is 16.3. The zero-order chi connectivity index (χ0) is 11.9. The van der Waals surface area contributed by atoms with E-state index in [2.05, 4.69) is 23.3 Å². The van der Waals surface area contributed by atoms with Crippen LogP contribution in [0.5, 0.6) is 0 Å². The Labute approximate surface area is 104 Å². The summed E-state index contributed by atoms with van der Waals surface area (Å²) in [5.41, 5.74) is 1.17. The van der Waals surface area contributed by atoms with Gasteiger partial charge in [-0.25, -0.2) is 4.98 Å². The van der Waals surface area contributed by atoms with Gasteiger partial charge in [-0.1, -0.05) is 25.8 Å². The van der Waals surface area contributed by atoms with Crippen LogP contribution >= 0.6 is 0 Å². The molecule has 1 aromatic rings. The number of anilines is 1. The number of rotatable bonds is 6. The number of pyridine rings is 1. The molecule has 0 saturated heterocycles. The van der Waals surface area contributed by atoms with Crippen molar-refractivity contribution in [2.45, 2.75) is 51.7 Å². The van der Waals surface area contributed by atoms with E-state index in [1.165, 1.54) is 31.2 Å². The molecule has 3 nitrogen and oxygen atoms in total. The van der Waals surface area contributed by atoms with Gasteiger partial charge < -0.3 is 10.1 Å². The molecule has 0 bridgehead atoms. The first-order chi connectivity index (χ1) is 8.38. The molecule has 1 heterocycles. The quantitative estimate of drug-likeness (QED) is 0.819. The number of nitrogens with zero attached hydrogens (tertiary/aromatic N) is 1. The molecule has 0 aliphatic heterocycles. The van der Waals surface area contributed by atoms with Gasteiger partial charge in [0.25, 0.3) is 0 Å². The van der Waals surface area contributed by atoms with Gasteiger partial charge in [-0.15, -0.1) is 0 Å². The van der Waals surface area contributed by atoms with E-state index < -0.39 is 0 Å². The molecule has 94 valence electrons. The molecule has 3 heteroatoms. The van der Waals surface area contributed by atoms with Crippen molar-refractivity contribution in [3.63, 3.8) is 0 Å². The summed E-state index contributed by atoms with van der Waals surface area (Å²) >= 11 is 0. The molecule has 1 aliphatic rings. The lowest BCUT2D eigenvalue weighted by atomic mass is 10.3. The molecule has 0 aromatic carbocycles. The van der Waals surface area contributed by atoms with Crippen LogP contribution in [-0.4, -0.2) is 17.6 Å². The summed E-state index contributed by atoms with van der Waals surface area (Å²) in [6, 6.07) is 4.13. The Balaban J connectivity index is 1.76. The number of aromatic nitrogens is 1. The van der Waals surface area contributed by atoms with Gasteiger partial charge in [0, 0.05) is 12.7 Å². The van der Waals surface area contributed by atoms with Crippen molar-refractivity contribution in [3.05, 3.63) is 23.9 Å². The maximum absolute atomic E-state index is 5.85. The van der Waals surface area contributed by atoms with Gasteiger partial charge in [-0.2, -0.15) is 0 Å². The number of ether oxygens (including phenoxy) is 1. The Morgan fingerprint density at radius 2 is 2.18 bits per heavy atom. The van der Waals surface area contributed by atoms with E-state index in [1.807, 2.05) is 12.3 Å². The van der Waals surface area contributed by atoms with Gasteiger partial charge in [-0.3, -0.25) is 0 Å². The maximum atomic E-state index is 5.85. The van der Waals surface area contributed by atoms with E-state index in [-0.39, 0.29) is 0 Å². The highest BCUT2D eigenvalue weighted by atomic mass is 16.5. The zero-order valence-corrected chi connectivity index (χ0v) is 10.6. The summed E-state index contributed by atoms with van der Waals surface area (Å²) in [5.74, 6) is 0.955. The molecule has 0 radical (unpaired) electrons. The molecular weight excluding hydrogens is 212 g/mol. The van der Waals surface area contributed by atoms with Crippen LogP contribution in [0.1, 0.15) is 44.6 Å². The van der Waals surface area contributed by atoms with Crippen LogP contribution in [0.15, 0.2) is 18.3 Å². The molecule has 0 unspecified atom stereocenters. The van der Waals surface area contributed by atoms with Gasteiger partial charge in [0.1, 0.15) is 5.82 Å². The molecule has 1 aliphatic carbocycles. The highest BCUT2D eigenvalue weighted by Crippen LogP contribution is 2.22. The third-order valence-electron chi connectivity index (χ3n) is 3.17. The monoisotopic (exact) mass is 234 g/mol. The van der Waals surface area contributed by atoms with Crippen LogP contribution in [0.25, 0.3) is 0 Å². The lowest BCUT2D eigenvalue weighted by Gasteiger charge is -2.11. The van der Waals surface area contributed by atoms with Crippen LogP contribution in [0, 0.1) is 0 Å². The molecule has 1 saturated carbocycles. The van der Waals surface area contributed by atoms with E-state index in [9.17, 15) is 0 Å². The Hall–Kier alpha value is -1.09. The van der Waals surface area contributed by atoms with Crippen LogP contribution in [0.2, 0.25) is 0 Å². The largest absolute Gasteiger partial charge is 0.373 e. The molecule has 0 amide bonds. The summed E-state index contributed by atoms with van der Waals surface area (Å²) < 4.78 is 5.85. The highest BCUT2D eigenvalue weighted by Gasteiger charge is 2.14. The fraction of sp³-hybridized carbons (Fsp3) is 0.643. The Bertz CT molecular complexity index is 317. The molecule has 0 spiro atoms. The van der Waals surface area contributed by atoms with Crippen LogP contribution in [0.3, 0.4) is 0 Å². The van der Waals surface area contributed by atoms with Crippen molar-refractivity contribution in [2.24, 2.45) is 0 Å². The van der Waals surface area contributed by atoms with Crippen LogP contribution < -0.4 is 5.32 Å². The van der Waals surface area contributed by atoms with E-state index in [0.717, 1.165) is 18.8 Å². The number of hydrogen-bond acceptors (Lipinski definition) is 3. The van der Waals surface area contributed by atoms with Crippen LogP contribution in [0.4, 0.5) is 5.82 Å². The maximum Gasteiger partial charge on any atom is 0.125 e. The topological polar surface area (TPSA) is 34.1 Å². The predicted octanol–water partition coefficient (Wildman–Crippen LogP) is 3.36. The molecule has 0 atom stereocenters. The summed E-state index contributed by atoms with van der Waals surface area (Å²) in [7, 11) is 0. The molecule has 1 N–H and O–H groups in total. The number of nitrogens with one attached hydrogen (secondary N) is 1. The predicted molar refractivity (Wildman–Crippen MR) is 70.1 cm³/mol. The number of hydrogen-bond donors (Lipinski definition) is 1. The first-order valence-electron chi connectivity index (χ1n) is 6.69.